The molecule has 2 saturated heterocycles. The number of amides is 2. The van der Waals surface area contributed by atoms with Crippen molar-refractivity contribution in [2.45, 2.75) is 32.6 Å². The van der Waals surface area contributed by atoms with Gasteiger partial charge in [0, 0.05) is 19.0 Å². The molecule has 6 heteroatoms. The van der Waals surface area contributed by atoms with Crippen molar-refractivity contribution in [3.63, 3.8) is 0 Å². The zero-order valence-corrected chi connectivity index (χ0v) is 12.7. The third-order valence-electron chi connectivity index (χ3n) is 4.59. The Bertz CT molecular complexity index is 451. The second kappa shape index (κ2) is 6.44. The van der Waals surface area contributed by atoms with Crippen LogP contribution in [0, 0.1) is 22.7 Å². The first kappa shape index (κ1) is 15.8. The summed E-state index contributed by atoms with van der Waals surface area (Å²) in [4.78, 5) is 27.4. The first-order chi connectivity index (χ1) is 9.93. The molecule has 2 rings (SSSR count). The van der Waals surface area contributed by atoms with E-state index in [0.29, 0.717) is 6.54 Å². The van der Waals surface area contributed by atoms with Crippen molar-refractivity contribution in [1.82, 2.24) is 9.80 Å². The quantitative estimate of drug-likeness (QED) is 0.812. The number of rotatable bonds is 3. The molecular weight excluding hydrogens is 268 g/mol. The number of nitriles is 1. The summed E-state index contributed by atoms with van der Waals surface area (Å²) in [6.07, 6.45) is 3.30. The van der Waals surface area contributed by atoms with Crippen LogP contribution in [0.1, 0.15) is 32.6 Å². The van der Waals surface area contributed by atoms with Crippen molar-refractivity contribution in [3.05, 3.63) is 0 Å². The predicted octanol–water partition coefficient (Wildman–Crippen LogP) is 0.336. The number of nitrogens with zero attached hydrogens (tertiary/aromatic N) is 3. The summed E-state index contributed by atoms with van der Waals surface area (Å²) in [6.45, 7) is 4.99. The molecule has 2 amide bonds. The summed E-state index contributed by atoms with van der Waals surface area (Å²) < 4.78 is 0. The Morgan fingerprint density at radius 1 is 1.33 bits per heavy atom. The van der Waals surface area contributed by atoms with E-state index in [9.17, 15) is 14.9 Å². The van der Waals surface area contributed by atoms with Crippen LogP contribution in [-0.4, -0.2) is 54.3 Å². The lowest BCUT2D eigenvalue weighted by Gasteiger charge is -2.39. The molecule has 0 aromatic heterocycles. The molecule has 1 unspecified atom stereocenters. The van der Waals surface area contributed by atoms with Crippen LogP contribution in [0.4, 0.5) is 0 Å². The maximum absolute atomic E-state index is 12.6. The first-order valence-electron chi connectivity index (χ1n) is 7.64. The summed E-state index contributed by atoms with van der Waals surface area (Å²) in [7, 11) is 0. The van der Waals surface area contributed by atoms with Crippen LogP contribution in [0.15, 0.2) is 0 Å². The smallest absolute Gasteiger partial charge is 0.231 e. The second-order valence-electron chi connectivity index (χ2n) is 6.55. The van der Waals surface area contributed by atoms with Gasteiger partial charge in [-0.15, -0.1) is 0 Å². The Morgan fingerprint density at radius 2 is 2.00 bits per heavy atom. The van der Waals surface area contributed by atoms with E-state index in [1.54, 1.807) is 0 Å². The minimum atomic E-state index is -0.402. The van der Waals surface area contributed by atoms with Crippen LogP contribution in [0.2, 0.25) is 0 Å². The molecular formula is C15H24N4O2. The van der Waals surface area contributed by atoms with Gasteiger partial charge in [-0.25, -0.2) is 0 Å². The van der Waals surface area contributed by atoms with E-state index in [4.69, 9.17) is 5.73 Å². The van der Waals surface area contributed by atoms with Gasteiger partial charge in [-0.1, -0.05) is 0 Å². The zero-order valence-electron chi connectivity index (χ0n) is 12.7. The fourth-order valence-electron chi connectivity index (χ4n) is 3.34. The predicted molar refractivity (Wildman–Crippen MR) is 77.9 cm³/mol. The Hall–Kier alpha value is -1.61. The number of piperidine rings is 2. The van der Waals surface area contributed by atoms with Gasteiger partial charge in [0.15, 0.2) is 0 Å². The summed E-state index contributed by atoms with van der Waals surface area (Å²) in [5, 5.41) is 9.24. The highest BCUT2D eigenvalue weighted by Crippen LogP contribution is 2.30. The summed E-state index contributed by atoms with van der Waals surface area (Å²) in [6, 6.07) is 2.34. The molecule has 116 valence electrons. The fraction of sp³-hybridized carbons (Fsp3) is 0.800. The van der Waals surface area contributed by atoms with Crippen molar-refractivity contribution in [1.29, 1.82) is 5.26 Å². The van der Waals surface area contributed by atoms with Gasteiger partial charge in [0.25, 0.3) is 0 Å². The van der Waals surface area contributed by atoms with E-state index in [1.807, 2.05) is 16.7 Å². The van der Waals surface area contributed by atoms with Gasteiger partial charge in [0.1, 0.15) is 0 Å². The molecule has 0 aromatic rings. The SMILES string of the molecule is CC1(C#N)CCCN(C(=O)C2CCN(CC(N)=O)CC2)C1. The van der Waals surface area contributed by atoms with Gasteiger partial charge < -0.3 is 10.6 Å². The van der Waals surface area contributed by atoms with Gasteiger partial charge in [-0.05, 0) is 45.7 Å². The van der Waals surface area contributed by atoms with Gasteiger partial charge in [0.2, 0.25) is 11.8 Å². The Morgan fingerprint density at radius 3 is 2.57 bits per heavy atom. The average molecular weight is 292 g/mol. The van der Waals surface area contributed by atoms with Gasteiger partial charge in [-0.3, -0.25) is 14.5 Å². The highest BCUT2D eigenvalue weighted by atomic mass is 16.2. The molecule has 2 fully saturated rings. The maximum Gasteiger partial charge on any atom is 0.231 e. The molecule has 21 heavy (non-hydrogen) atoms. The average Bonchev–Trinajstić information content (AvgIpc) is 2.47. The van der Waals surface area contributed by atoms with Crippen molar-refractivity contribution < 1.29 is 9.59 Å². The molecule has 0 radical (unpaired) electrons. The van der Waals surface area contributed by atoms with Crippen LogP contribution in [0.3, 0.4) is 0 Å². The summed E-state index contributed by atoms with van der Waals surface area (Å²) in [5.74, 6) is -0.120. The van der Waals surface area contributed by atoms with Crippen LogP contribution in [0.25, 0.3) is 0 Å². The lowest BCUT2D eigenvalue weighted by atomic mass is 9.82. The third-order valence-corrected chi connectivity index (χ3v) is 4.59. The molecule has 0 bridgehead atoms. The molecule has 0 saturated carbocycles. The molecule has 0 aliphatic carbocycles. The van der Waals surface area contributed by atoms with E-state index in [1.165, 1.54) is 0 Å². The Kier molecular flexibility index (Phi) is 4.84. The number of carbonyl (C=O) groups is 2. The van der Waals surface area contributed by atoms with Gasteiger partial charge >= 0.3 is 0 Å². The van der Waals surface area contributed by atoms with E-state index >= 15 is 0 Å². The first-order valence-corrected chi connectivity index (χ1v) is 7.64. The second-order valence-corrected chi connectivity index (χ2v) is 6.55. The van der Waals surface area contributed by atoms with E-state index in [2.05, 4.69) is 6.07 Å². The van der Waals surface area contributed by atoms with Crippen LogP contribution >= 0.6 is 0 Å². The van der Waals surface area contributed by atoms with Gasteiger partial charge in [0.05, 0.1) is 18.0 Å². The Labute approximate surface area is 125 Å². The minimum Gasteiger partial charge on any atom is -0.369 e. The molecule has 1 atom stereocenters. The number of nitrogens with two attached hydrogens (primary N) is 1. The molecule has 2 N–H and O–H groups in total. The number of likely N-dealkylation sites (tertiary alicyclic amines) is 2. The molecule has 0 aromatic carbocycles. The summed E-state index contributed by atoms with van der Waals surface area (Å²) >= 11 is 0. The van der Waals surface area contributed by atoms with Crippen LogP contribution < -0.4 is 5.73 Å². The molecule has 6 nitrogen and oxygen atoms in total. The van der Waals surface area contributed by atoms with E-state index in [0.717, 1.165) is 45.3 Å². The maximum atomic E-state index is 12.6. The standard InChI is InChI=1S/C15H24N4O2/c1-15(10-16)5-2-6-19(11-15)14(21)12-3-7-18(8-4-12)9-13(17)20/h12H,2-9,11H2,1H3,(H2,17,20). The lowest BCUT2D eigenvalue weighted by Crippen LogP contribution is -2.49. The number of carbonyl (C=O) groups excluding carboxylic acids is 2. The topological polar surface area (TPSA) is 90.4 Å². The van der Waals surface area contributed by atoms with Crippen molar-refractivity contribution >= 4 is 11.8 Å². The number of hydrogen-bond donors (Lipinski definition) is 1. The highest BCUT2D eigenvalue weighted by molar-refractivity contribution is 5.79. The normalized spacial score (nSPS) is 28.1. The third kappa shape index (κ3) is 3.94. The fourth-order valence-corrected chi connectivity index (χ4v) is 3.34. The largest absolute Gasteiger partial charge is 0.369 e. The van der Waals surface area contributed by atoms with E-state index in [-0.39, 0.29) is 24.3 Å². The van der Waals surface area contributed by atoms with Crippen molar-refractivity contribution in [2.24, 2.45) is 17.1 Å². The Balaban J connectivity index is 1.87. The molecule has 2 aliphatic rings. The zero-order chi connectivity index (χ0) is 15.5. The van der Waals surface area contributed by atoms with E-state index < -0.39 is 5.41 Å². The minimum absolute atomic E-state index is 0.0233. The van der Waals surface area contributed by atoms with Crippen molar-refractivity contribution in [2.75, 3.05) is 32.7 Å². The number of primary amides is 1. The number of hydrogen-bond acceptors (Lipinski definition) is 4. The molecule has 0 spiro atoms. The highest BCUT2D eigenvalue weighted by Gasteiger charge is 2.36. The van der Waals surface area contributed by atoms with Gasteiger partial charge in [-0.2, -0.15) is 5.26 Å². The van der Waals surface area contributed by atoms with Crippen molar-refractivity contribution in [3.8, 4) is 6.07 Å². The van der Waals surface area contributed by atoms with Crippen LogP contribution in [0.5, 0.6) is 0 Å². The summed E-state index contributed by atoms with van der Waals surface area (Å²) in [5.41, 5.74) is 4.79. The monoisotopic (exact) mass is 292 g/mol. The lowest BCUT2D eigenvalue weighted by molar-refractivity contribution is -0.139. The van der Waals surface area contributed by atoms with Crippen LogP contribution in [-0.2, 0) is 9.59 Å². The molecule has 2 aliphatic heterocycles. The molecule has 2 heterocycles.